The molecule has 0 saturated carbocycles. The van der Waals surface area contributed by atoms with Gasteiger partial charge in [-0.2, -0.15) is 0 Å². The van der Waals surface area contributed by atoms with E-state index in [1.807, 2.05) is 11.3 Å². The average molecular weight is 303 g/mol. The highest BCUT2D eigenvalue weighted by Gasteiger charge is 2.16. The Labute approximate surface area is 132 Å². The second-order valence-electron chi connectivity index (χ2n) is 5.47. The first-order chi connectivity index (χ1) is 10.2. The van der Waals surface area contributed by atoms with Gasteiger partial charge in [-0.05, 0) is 61.0 Å². The summed E-state index contributed by atoms with van der Waals surface area (Å²) in [7, 11) is 1.74. The topological polar surface area (TPSA) is 21.3 Å². The second-order valence-corrected chi connectivity index (χ2v) is 6.50. The van der Waals surface area contributed by atoms with Crippen LogP contribution in [0.3, 0.4) is 0 Å². The molecule has 1 aromatic carbocycles. The van der Waals surface area contributed by atoms with Crippen molar-refractivity contribution in [2.75, 3.05) is 13.7 Å². The van der Waals surface area contributed by atoms with Crippen LogP contribution in [0.5, 0.6) is 5.75 Å². The third-order valence-corrected chi connectivity index (χ3v) is 4.68. The van der Waals surface area contributed by atoms with Crippen molar-refractivity contribution >= 4 is 11.3 Å². The van der Waals surface area contributed by atoms with E-state index >= 15 is 0 Å². The smallest absolute Gasteiger partial charge is 0.122 e. The highest BCUT2D eigenvalue weighted by Crippen LogP contribution is 2.29. The van der Waals surface area contributed by atoms with E-state index < -0.39 is 0 Å². The fraction of sp³-hybridized carbons (Fsp3) is 0.444. The minimum Gasteiger partial charge on any atom is -0.496 e. The molecule has 1 heterocycles. The maximum absolute atomic E-state index is 5.43. The molecular formula is C18H25NOS. The van der Waals surface area contributed by atoms with Crippen LogP contribution in [0.15, 0.2) is 29.6 Å². The fourth-order valence-corrected chi connectivity index (χ4v) is 3.40. The Bertz CT molecular complexity index is 563. The predicted octanol–water partition coefficient (Wildman–Crippen LogP) is 4.66. The molecule has 1 unspecified atom stereocenters. The summed E-state index contributed by atoms with van der Waals surface area (Å²) in [5.41, 5.74) is 3.88. The summed E-state index contributed by atoms with van der Waals surface area (Å²) in [6.45, 7) is 7.54. The van der Waals surface area contributed by atoms with Crippen LogP contribution in [0, 0.1) is 13.8 Å². The number of hydrogen-bond acceptors (Lipinski definition) is 3. The second kappa shape index (κ2) is 7.62. The SMILES string of the molecule is CCCNC(Cc1cccs1)c1cc(C)c(OC)cc1C. The van der Waals surface area contributed by atoms with Crippen LogP contribution in [-0.4, -0.2) is 13.7 Å². The molecule has 0 saturated heterocycles. The van der Waals surface area contributed by atoms with Crippen LogP contribution < -0.4 is 10.1 Å². The minimum absolute atomic E-state index is 0.369. The van der Waals surface area contributed by atoms with E-state index in [0.717, 1.165) is 25.1 Å². The molecule has 0 aliphatic rings. The zero-order chi connectivity index (χ0) is 15.2. The van der Waals surface area contributed by atoms with Crippen LogP contribution in [0.1, 0.15) is 41.0 Å². The third kappa shape index (κ3) is 4.08. The van der Waals surface area contributed by atoms with Gasteiger partial charge in [0.25, 0.3) is 0 Å². The molecule has 2 rings (SSSR count). The summed E-state index contributed by atoms with van der Waals surface area (Å²) in [6, 6.07) is 9.14. The number of thiophene rings is 1. The van der Waals surface area contributed by atoms with Crippen molar-refractivity contribution in [2.45, 2.75) is 39.7 Å². The van der Waals surface area contributed by atoms with Gasteiger partial charge in [0.2, 0.25) is 0 Å². The highest BCUT2D eigenvalue weighted by atomic mass is 32.1. The Morgan fingerprint density at radius 3 is 2.67 bits per heavy atom. The monoisotopic (exact) mass is 303 g/mol. The normalized spacial score (nSPS) is 12.4. The number of rotatable bonds is 7. The Kier molecular flexibility index (Phi) is 5.83. The minimum atomic E-state index is 0.369. The molecule has 0 amide bonds. The molecule has 3 heteroatoms. The van der Waals surface area contributed by atoms with Gasteiger partial charge >= 0.3 is 0 Å². The van der Waals surface area contributed by atoms with Crippen LogP contribution in [0.2, 0.25) is 0 Å². The molecule has 0 bridgehead atoms. The molecule has 114 valence electrons. The molecular weight excluding hydrogens is 278 g/mol. The van der Waals surface area contributed by atoms with E-state index in [1.165, 1.54) is 21.6 Å². The summed E-state index contributed by atoms with van der Waals surface area (Å²) in [4.78, 5) is 1.43. The van der Waals surface area contributed by atoms with Gasteiger partial charge in [0, 0.05) is 17.3 Å². The molecule has 0 aliphatic heterocycles. The van der Waals surface area contributed by atoms with E-state index in [-0.39, 0.29) is 0 Å². The molecule has 1 aromatic heterocycles. The number of methoxy groups -OCH3 is 1. The Morgan fingerprint density at radius 2 is 2.05 bits per heavy atom. The summed E-state index contributed by atoms with van der Waals surface area (Å²) in [5.74, 6) is 0.974. The van der Waals surface area contributed by atoms with Gasteiger partial charge in [-0.15, -0.1) is 11.3 Å². The standard InChI is InChI=1S/C18H25NOS/c1-5-8-19-17(12-15-7-6-9-21-15)16-10-14(3)18(20-4)11-13(16)2/h6-7,9-11,17,19H,5,8,12H2,1-4H3. The number of benzene rings is 1. The summed E-state index contributed by atoms with van der Waals surface area (Å²) in [5, 5.41) is 5.85. The van der Waals surface area contributed by atoms with Crippen LogP contribution >= 0.6 is 11.3 Å². The lowest BCUT2D eigenvalue weighted by Crippen LogP contribution is -2.24. The molecule has 21 heavy (non-hydrogen) atoms. The number of nitrogens with one attached hydrogen (secondary N) is 1. The Balaban J connectivity index is 2.29. The fourth-order valence-electron chi connectivity index (χ4n) is 2.65. The lowest BCUT2D eigenvalue weighted by molar-refractivity contribution is 0.410. The summed E-state index contributed by atoms with van der Waals surface area (Å²) in [6.07, 6.45) is 2.19. The Morgan fingerprint density at radius 1 is 1.24 bits per heavy atom. The zero-order valence-corrected chi connectivity index (χ0v) is 14.2. The van der Waals surface area contributed by atoms with Crippen molar-refractivity contribution in [1.29, 1.82) is 0 Å². The van der Waals surface area contributed by atoms with Gasteiger partial charge in [0.1, 0.15) is 5.75 Å². The van der Waals surface area contributed by atoms with E-state index in [9.17, 15) is 0 Å². The van der Waals surface area contributed by atoms with Gasteiger partial charge < -0.3 is 10.1 Å². The van der Waals surface area contributed by atoms with Crippen LogP contribution in [-0.2, 0) is 6.42 Å². The number of hydrogen-bond donors (Lipinski definition) is 1. The van der Waals surface area contributed by atoms with E-state index in [2.05, 4.69) is 55.7 Å². The van der Waals surface area contributed by atoms with Crippen molar-refractivity contribution < 1.29 is 4.74 Å². The molecule has 2 nitrogen and oxygen atoms in total. The number of aryl methyl sites for hydroxylation is 2. The molecule has 0 radical (unpaired) electrons. The highest BCUT2D eigenvalue weighted by molar-refractivity contribution is 7.09. The Hall–Kier alpha value is -1.32. The molecule has 0 fully saturated rings. The first-order valence-electron chi connectivity index (χ1n) is 7.56. The average Bonchev–Trinajstić information content (AvgIpc) is 2.98. The van der Waals surface area contributed by atoms with Crippen molar-refractivity contribution in [1.82, 2.24) is 5.32 Å². The van der Waals surface area contributed by atoms with Crippen LogP contribution in [0.25, 0.3) is 0 Å². The van der Waals surface area contributed by atoms with Crippen molar-refractivity contribution in [3.8, 4) is 5.75 Å². The van der Waals surface area contributed by atoms with Gasteiger partial charge in [-0.3, -0.25) is 0 Å². The van der Waals surface area contributed by atoms with Crippen LogP contribution in [0.4, 0.5) is 0 Å². The first-order valence-corrected chi connectivity index (χ1v) is 8.44. The zero-order valence-electron chi connectivity index (χ0n) is 13.4. The third-order valence-electron chi connectivity index (χ3n) is 3.79. The van der Waals surface area contributed by atoms with Crippen molar-refractivity contribution in [3.05, 3.63) is 51.2 Å². The van der Waals surface area contributed by atoms with Gasteiger partial charge in [0.15, 0.2) is 0 Å². The molecule has 2 aromatic rings. The maximum Gasteiger partial charge on any atom is 0.122 e. The molecule has 1 atom stereocenters. The molecule has 0 spiro atoms. The summed E-state index contributed by atoms with van der Waals surface area (Å²) >= 11 is 1.83. The molecule has 1 N–H and O–H groups in total. The van der Waals surface area contributed by atoms with E-state index in [1.54, 1.807) is 7.11 Å². The quantitative estimate of drug-likeness (QED) is 0.803. The van der Waals surface area contributed by atoms with E-state index in [0.29, 0.717) is 6.04 Å². The predicted molar refractivity (Wildman–Crippen MR) is 91.5 cm³/mol. The van der Waals surface area contributed by atoms with Gasteiger partial charge in [0.05, 0.1) is 7.11 Å². The molecule has 0 aliphatic carbocycles. The van der Waals surface area contributed by atoms with E-state index in [4.69, 9.17) is 4.74 Å². The van der Waals surface area contributed by atoms with Crippen molar-refractivity contribution in [3.63, 3.8) is 0 Å². The first kappa shape index (κ1) is 16.1. The number of ether oxygens (including phenoxy) is 1. The van der Waals surface area contributed by atoms with Gasteiger partial charge in [-0.25, -0.2) is 0 Å². The van der Waals surface area contributed by atoms with Gasteiger partial charge in [-0.1, -0.05) is 19.1 Å². The summed E-state index contributed by atoms with van der Waals surface area (Å²) < 4.78 is 5.43. The largest absolute Gasteiger partial charge is 0.496 e. The lowest BCUT2D eigenvalue weighted by Gasteiger charge is -2.22. The van der Waals surface area contributed by atoms with Crippen molar-refractivity contribution in [2.24, 2.45) is 0 Å². The lowest BCUT2D eigenvalue weighted by atomic mass is 9.95. The maximum atomic E-state index is 5.43.